The van der Waals surface area contributed by atoms with Crippen LogP contribution in [-0.4, -0.2) is 17.4 Å². The van der Waals surface area contributed by atoms with Gasteiger partial charge in [0.2, 0.25) is 0 Å². The summed E-state index contributed by atoms with van der Waals surface area (Å²) in [5, 5.41) is 0. The van der Waals surface area contributed by atoms with Gasteiger partial charge in [-0.2, -0.15) is 0 Å². The van der Waals surface area contributed by atoms with Gasteiger partial charge in [-0.25, -0.2) is 0 Å². The number of hydrogen-bond acceptors (Lipinski definition) is 2. The third-order valence-electron chi connectivity index (χ3n) is 3.75. The molecule has 1 atom stereocenters. The molecule has 1 spiro atoms. The Balaban J connectivity index is 1.95. The number of nitrogens with zero attached hydrogens (tertiary/aromatic N) is 1. The summed E-state index contributed by atoms with van der Waals surface area (Å²) < 4.78 is 2.17. The number of rotatable bonds is 0. The Kier molecular flexibility index (Phi) is 2.39. The summed E-state index contributed by atoms with van der Waals surface area (Å²) in [5.41, 5.74) is 0.735. The van der Waals surface area contributed by atoms with E-state index in [1.807, 2.05) is 0 Å². The summed E-state index contributed by atoms with van der Waals surface area (Å²) in [6.45, 7) is 4.81. The largest absolute Gasteiger partial charge is 0.253 e. The second kappa shape index (κ2) is 3.22. The molecule has 1 nitrogen and oxygen atoms in total. The van der Waals surface area contributed by atoms with E-state index >= 15 is 0 Å². The minimum atomic E-state index is 0.735. The maximum Gasteiger partial charge on any atom is 0.00922 e. The van der Waals surface area contributed by atoms with Crippen molar-refractivity contribution in [1.29, 1.82) is 0 Å². The van der Waals surface area contributed by atoms with Crippen LogP contribution in [0.4, 0.5) is 0 Å². The maximum absolute atomic E-state index is 4.39. The highest BCUT2D eigenvalue weighted by Gasteiger charge is 2.39. The highest BCUT2D eigenvalue weighted by Crippen LogP contribution is 2.48. The van der Waals surface area contributed by atoms with Crippen molar-refractivity contribution < 1.29 is 0 Å². The van der Waals surface area contributed by atoms with Crippen LogP contribution in [0.5, 0.6) is 0 Å². The van der Waals surface area contributed by atoms with E-state index in [0.29, 0.717) is 0 Å². The smallest absolute Gasteiger partial charge is 0.00922 e. The van der Waals surface area contributed by atoms with Crippen LogP contribution in [0.2, 0.25) is 0 Å². The van der Waals surface area contributed by atoms with Crippen molar-refractivity contribution >= 4 is 12.8 Å². The van der Waals surface area contributed by atoms with Crippen LogP contribution >= 0.6 is 12.8 Å². The van der Waals surface area contributed by atoms with Crippen molar-refractivity contribution in [3.8, 4) is 0 Å². The first-order valence-electron chi connectivity index (χ1n) is 5.14. The Labute approximate surface area is 81.1 Å². The third kappa shape index (κ3) is 1.64. The summed E-state index contributed by atoms with van der Waals surface area (Å²) in [4.78, 5) is 0. The van der Waals surface area contributed by atoms with Gasteiger partial charge < -0.3 is 0 Å². The van der Waals surface area contributed by atoms with Crippen LogP contribution in [0.3, 0.4) is 0 Å². The summed E-state index contributed by atoms with van der Waals surface area (Å²) in [5.74, 6) is 0.983. The first-order chi connectivity index (χ1) is 5.70. The molecule has 0 amide bonds. The fraction of sp³-hybridized carbons (Fsp3) is 1.00. The Morgan fingerprint density at radius 1 is 1.25 bits per heavy atom. The van der Waals surface area contributed by atoms with Crippen molar-refractivity contribution in [3.05, 3.63) is 0 Å². The highest BCUT2D eigenvalue weighted by atomic mass is 32.1. The molecule has 0 radical (unpaired) electrons. The SMILES string of the molecule is CC1CCC2(CCN(S)CC2)C1. The molecule has 0 aromatic carbocycles. The molecule has 2 heteroatoms. The van der Waals surface area contributed by atoms with Crippen molar-refractivity contribution in [2.45, 2.75) is 39.0 Å². The zero-order chi connectivity index (χ0) is 8.60. The first kappa shape index (κ1) is 8.89. The molecule has 0 aromatic rings. The van der Waals surface area contributed by atoms with Gasteiger partial charge in [0, 0.05) is 13.1 Å². The quantitative estimate of drug-likeness (QED) is 0.568. The van der Waals surface area contributed by atoms with E-state index in [1.165, 1.54) is 45.2 Å². The van der Waals surface area contributed by atoms with E-state index in [0.717, 1.165) is 11.3 Å². The van der Waals surface area contributed by atoms with Crippen LogP contribution in [-0.2, 0) is 0 Å². The van der Waals surface area contributed by atoms with Crippen LogP contribution in [0.1, 0.15) is 39.0 Å². The van der Waals surface area contributed by atoms with Gasteiger partial charge in [-0.15, -0.1) is 0 Å². The minimum absolute atomic E-state index is 0.735. The molecule has 70 valence electrons. The van der Waals surface area contributed by atoms with Gasteiger partial charge in [0.1, 0.15) is 0 Å². The molecule has 0 aromatic heterocycles. The molecule has 1 heterocycles. The molecular weight excluding hydrogens is 166 g/mol. The predicted octanol–water partition coefficient (Wildman–Crippen LogP) is 2.73. The minimum Gasteiger partial charge on any atom is -0.253 e. The molecule has 2 rings (SSSR count). The van der Waals surface area contributed by atoms with E-state index in [-0.39, 0.29) is 0 Å². The molecular formula is C10H19NS. The fourth-order valence-electron chi connectivity index (χ4n) is 2.92. The van der Waals surface area contributed by atoms with Crippen molar-refractivity contribution in [1.82, 2.24) is 4.31 Å². The van der Waals surface area contributed by atoms with Gasteiger partial charge in [0.05, 0.1) is 0 Å². The lowest BCUT2D eigenvalue weighted by Crippen LogP contribution is -2.33. The van der Waals surface area contributed by atoms with E-state index in [2.05, 4.69) is 24.0 Å². The average molecular weight is 185 g/mol. The molecule has 2 fully saturated rings. The highest BCUT2D eigenvalue weighted by molar-refractivity contribution is 7.77. The van der Waals surface area contributed by atoms with Crippen LogP contribution < -0.4 is 0 Å². The van der Waals surface area contributed by atoms with Gasteiger partial charge in [-0.3, -0.25) is 4.31 Å². The molecule has 1 aliphatic heterocycles. The fourth-order valence-corrected chi connectivity index (χ4v) is 3.12. The number of hydrogen-bond donors (Lipinski definition) is 1. The van der Waals surface area contributed by atoms with Gasteiger partial charge in [0.25, 0.3) is 0 Å². The average Bonchev–Trinajstić information content (AvgIpc) is 2.40. The van der Waals surface area contributed by atoms with Gasteiger partial charge in [-0.05, 0) is 37.0 Å². The second-order valence-electron chi connectivity index (χ2n) is 4.80. The van der Waals surface area contributed by atoms with Gasteiger partial charge in [-0.1, -0.05) is 26.2 Å². The second-order valence-corrected chi connectivity index (χ2v) is 5.37. The summed E-state index contributed by atoms with van der Waals surface area (Å²) >= 11 is 4.39. The van der Waals surface area contributed by atoms with Crippen LogP contribution in [0.15, 0.2) is 0 Å². The van der Waals surface area contributed by atoms with E-state index < -0.39 is 0 Å². The van der Waals surface area contributed by atoms with E-state index in [9.17, 15) is 0 Å². The lowest BCUT2D eigenvalue weighted by Gasteiger charge is -2.37. The Bertz CT molecular complexity index is 161. The van der Waals surface area contributed by atoms with Crippen molar-refractivity contribution in [2.75, 3.05) is 13.1 Å². The molecule has 1 saturated heterocycles. The van der Waals surface area contributed by atoms with Crippen LogP contribution in [0.25, 0.3) is 0 Å². The van der Waals surface area contributed by atoms with Crippen molar-refractivity contribution in [2.24, 2.45) is 11.3 Å². The molecule has 12 heavy (non-hydrogen) atoms. The standard InChI is InChI=1S/C10H19NS/c1-9-2-3-10(8-9)4-6-11(12)7-5-10/h9,12H,2-8H2,1H3. The van der Waals surface area contributed by atoms with E-state index in [4.69, 9.17) is 0 Å². The number of thiol groups is 1. The first-order valence-corrected chi connectivity index (χ1v) is 5.54. The zero-order valence-electron chi connectivity index (χ0n) is 7.92. The Hall–Kier alpha value is 0.310. The predicted molar refractivity (Wildman–Crippen MR) is 55.2 cm³/mol. The molecule has 1 saturated carbocycles. The molecule has 1 unspecified atom stereocenters. The number of piperidine rings is 1. The maximum atomic E-state index is 4.39. The molecule has 0 N–H and O–H groups in total. The Morgan fingerprint density at radius 3 is 2.42 bits per heavy atom. The summed E-state index contributed by atoms with van der Waals surface area (Å²) in [6, 6.07) is 0. The third-order valence-corrected chi connectivity index (χ3v) is 4.15. The molecule has 0 bridgehead atoms. The van der Waals surface area contributed by atoms with Crippen LogP contribution in [0, 0.1) is 11.3 Å². The lowest BCUT2D eigenvalue weighted by molar-refractivity contribution is 0.163. The molecule has 1 aliphatic carbocycles. The molecule has 2 aliphatic rings. The summed E-state index contributed by atoms with van der Waals surface area (Å²) in [6.07, 6.45) is 7.21. The van der Waals surface area contributed by atoms with E-state index in [1.54, 1.807) is 0 Å². The lowest BCUT2D eigenvalue weighted by atomic mass is 9.77. The van der Waals surface area contributed by atoms with Gasteiger partial charge >= 0.3 is 0 Å². The Morgan fingerprint density at radius 2 is 1.92 bits per heavy atom. The summed E-state index contributed by atoms with van der Waals surface area (Å²) in [7, 11) is 0. The van der Waals surface area contributed by atoms with Gasteiger partial charge in [0.15, 0.2) is 0 Å². The monoisotopic (exact) mass is 185 g/mol. The normalized spacial score (nSPS) is 36.0. The zero-order valence-corrected chi connectivity index (χ0v) is 8.82. The topological polar surface area (TPSA) is 3.24 Å². The van der Waals surface area contributed by atoms with Crippen molar-refractivity contribution in [3.63, 3.8) is 0 Å².